The van der Waals surface area contributed by atoms with Gasteiger partial charge in [-0.2, -0.15) is 0 Å². The minimum Gasteiger partial charge on any atom is -0.397 e. The summed E-state index contributed by atoms with van der Waals surface area (Å²) in [4.78, 5) is 0. The van der Waals surface area contributed by atoms with Gasteiger partial charge in [0.2, 0.25) is 0 Å². The first-order chi connectivity index (χ1) is 7.58. The fraction of sp³-hybridized carbons (Fsp3) is 0.571. The zero-order valence-corrected chi connectivity index (χ0v) is 10.9. The largest absolute Gasteiger partial charge is 0.397 e. The van der Waals surface area contributed by atoms with Gasteiger partial charge in [0.15, 0.2) is 0 Å². The van der Waals surface area contributed by atoms with E-state index >= 15 is 0 Å². The monoisotopic (exact) mass is 220 g/mol. The molecule has 0 aliphatic heterocycles. The molecule has 1 aromatic rings. The van der Waals surface area contributed by atoms with Crippen molar-refractivity contribution in [3.8, 4) is 0 Å². The molecule has 0 bridgehead atoms. The van der Waals surface area contributed by atoms with Crippen molar-refractivity contribution in [3.05, 3.63) is 23.8 Å². The molecule has 0 heterocycles. The lowest BCUT2D eigenvalue weighted by Gasteiger charge is -2.24. The number of benzene rings is 1. The van der Waals surface area contributed by atoms with E-state index in [1.54, 1.807) is 0 Å². The van der Waals surface area contributed by atoms with Gasteiger partial charge in [-0.25, -0.2) is 0 Å². The molecule has 2 heteroatoms. The number of hydrogen-bond acceptors (Lipinski definition) is 2. The fourth-order valence-corrected chi connectivity index (χ4v) is 2.15. The molecule has 0 aromatic heterocycles. The van der Waals surface area contributed by atoms with E-state index in [-0.39, 0.29) is 0 Å². The summed E-state index contributed by atoms with van der Waals surface area (Å²) in [6.07, 6.45) is 2.41. The summed E-state index contributed by atoms with van der Waals surface area (Å²) in [6, 6.07) is 6.60. The molecular formula is C14H24N2. The zero-order valence-electron chi connectivity index (χ0n) is 10.9. The third kappa shape index (κ3) is 3.16. The van der Waals surface area contributed by atoms with Crippen molar-refractivity contribution in [1.29, 1.82) is 0 Å². The van der Waals surface area contributed by atoms with Crippen LogP contribution in [0.2, 0.25) is 0 Å². The third-order valence-electron chi connectivity index (χ3n) is 3.35. The van der Waals surface area contributed by atoms with E-state index in [0.717, 1.165) is 11.4 Å². The van der Waals surface area contributed by atoms with Gasteiger partial charge < -0.3 is 11.1 Å². The van der Waals surface area contributed by atoms with Gasteiger partial charge in [-0.05, 0) is 37.5 Å². The lowest BCUT2D eigenvalue weighted by molar-refractivity contribution is 0.438. The van der Waals surface area contributed by atoms with Crippen LogP contribution in [0.5, 0.6) is 0 Å². The number of hydrogen-bond donors (Lipinski definition) is 2. The lowest BCUT2D eigenvalue weighted by Crippen LogP contribution is -2.25. The number of aryl methyl sites for hydroxylation is 1. The molecule has 0 amide bonds. The third-order valence-corrected chi connectivity index (χ3v) is 3.35. The van der Waals surface area contributed by atoms with Gasteiger partial charge in [0, 0.05) is 6.04 Å². The van der Waals surface area contributed by atoms with Crippen LogP contribution in [0.4, 0.5) is 11.4 Å². The number of nitrogen functional groups attached to an aromatic ring is 1. The van der Waals surface area contributed by atoms with Crippen molar-refractivity contribution in [2.45, 2.75) is 46.6 Å². The highest BCUT2D eigenvalue weighted by molar-refractivity contribution is 5.67. The van der Waals surface area contributed by atoms with Crippen LogP contribution in [0.15, 0.2) is 18.2 Å². The minimum atomic E-state index is 0.471. The van der Waals surface area contributed by atoms with Crippen LogP contribution in [0.3, 0.4) is 0 Å². The first kappa shape index (κ1) is 12.9. The normalized spacial score (nSPS) is 12.8. The summed E-state index contributed by atoms with van der Waals surface area (Å²) in [5, 5.41) is 3.53. The Morgan fingerprint density at radius 3 is 2.44 bits per heavy atom. The molecule has 3 N–H and O–H groups in total. The van der Waals surface area contributed by atoms with E-state index in [0.29, 0.717) is 12.0 Å². The SMILES string of the molecule is CCC(CC)C(C)Nc1cc(C)ccc1N. The number of nitrogens with two attached hydrogens (primary N) is 1. The van der Waals surface area contributed by atoms with E-state index in [9.17, 15) is 0 Å². The molecule has 0 saturated heterocycles. The molecule has 1 unspecified atom stereocenters. The molecule has 1 atom stereocenters. The van der Waals surface area contributed by atoms with E-state index < -0.39 is 0 Å². The molecule has 2 nitrogen and oxygen atoms in total. The van der Waals surface area contributed by atoms with Gasteiger partial charge in [0.05, 0.1) is 11.4 Å². The molecule has 0 radical (unpaired) electrons. The van der Waals surface area contributed by atoms with Crippen molar-refractivity contribution in [1.82, 2.24) is 0 Å². The minimum absolute atomic E-state index is 0.471. The summed E-state index contributed by atoms with van der Waals surface area (Å²) in [6.45, 7) is 8.81. The Balaban J connectivity index is 2.75. The summed E-state index contributed by atoms with van der Waals surface area (Å²) in [5.74, 6) is 0.708. The average Bonchev–Trinajstić information content (AvgIpc) is 2.25. The first-order valence-electron chi connectivity index (χ1n) is 6.21. The van der Waals surface area contributed by atoms with Crippen LogP contribution in [-0.2, 0) is 0 Å². The number of rotatable bonds is 5. The highest BCUT2D eigenvalue weighted by Crippen LogP contribution is 2.23. The maximum Gasteiger partial charge on any atom is 0.0578 e. The first-order valence-corrected chi connectivity index (χ1v) is 6.21. The van der Waals surface area contributed by atoms with E-state index in [4.69, 9.17) is 5.73 Å². The predicted octanol–water partition coefficient (Wildman–Crippen LogP) is 3.81. The maximum absolute atomic E-state index is 5.96. The molecule has 1 aromatic carbocycles. The lowest BCUT2D eigenvalue weighted by atomic mass is 9.95. The Morgan fingerprint density at radius 1 is 1.25 bits per heavy atom. The Morgan fingerprint density at radius 2 is 1.88 bits per heavy atom. The molecule has 90 valence electrons. The van der Waals surface area contributed by atoms with Crippen molar-refractivity contribution < 1.29 is 0 Å². The van der Waals surface area contributed by atoms with Crippen LogP contribution in [-0.4, -0.2) is 6.04 Å². The molecule has 0 saturated carbocycles. The van der Waals surface area contributed by atoms with Crippen molar-refractivity contribution in [3.63, 3.8) is 0 Å². The molecular weight excluding hydrogens is 196 g/mol. The Hall–Kier alpha value is -1.18. The van der Waals surface area contributed by atoms with Crippen LogP contribution < -0.4 is 11.1 Å². The van der Waals surface area contributed by atoms with Gasteiger partial charge in [-0.1, -0.05) is 32.8 Å². The summed E-state index contributed by atoms with van der Waals surface area (Å²) >= 11 is 0. The van der Waals surface area contributed by atoms with E-state index in [2.05, 4.69) is 39.1 Å². The highest BCUT2D eigenvalue weighted by atomic mass is 14.9. The van der Waals surface area contributed by atoms with Crippen LogP contribution in [0.1, 0.15) is 39.2 Å². The fourth-order valence-electron chi connectivity index (χ4n) is 2.15. The Bertz CT molecular complexity index is 330. The van der Waals surface area contributed by atoms with Crippen LogP contribution >= 0.6 is 0 Å². The second kappa shape index (κ2) is 5.78. The highest BCUT2D eigenvalue weighted by Gasteiger charge is 2.13. The van der Waals surface area contributed by atoms with Crippen molar-refractivity contribution in [2.24, 2.45) is 5.92 Å². The quantitative estimate of drug-likeness (QED) is 0.740. The molecule has 16 heavy (non-hydrogen) atoms. The zero-order chi connectivity index (χ0) is 12.1. The molecule has 0 aliphatic carbocycles. The standard InChI is InChI=1S/C14H24N2/c1-5-12(6-2)11(4)16-14-9-10(3)7-8-13(14)15/h7-9,11-12,16H,5-6,15H2,1-4H3. The Kier molecular flexibility index (Phi) is 4.66. The topological polar surface area (TPSA) is 38.0 Å². The predicted molar refractivity (Wildman–Crippen MR) is 72.7 cm³/mol. The van der Waals surface area contributed by atoms with Crippen molar-refractivity contribution >= 4 is 11.4 Å². The molecule has 0 spiro atoms. The number of anilines is 2. The molecule has 0 fully saturated rings. The second-order valence-electron chi connectivity index (χ2n) is 4.60. The van der Waals surface area contributed by atoms with Crippen LogP contribution in [0, 0.1) is 12.8 Å². The molecule has 1 rings (SSSR count). The van der Waals surface area contributed by atoms with Gasteiger partial charge >= 0.3 is 0 Å². The second-order valence-corrected chi connectivity index (χ2v) is 4.60. The number of nitrogens with one attached hydrogen (secondary N) is 1. The van der Waals surface area contributed by atoms with Gasteiger partial charge in [0.25, 0.3) is 0 Å². The smallest absolute Gasteiger partial charge is 0.0578 e. The van der Waals surface area contributed by atoms with E-state index in [1.165, 1.54) is 18.4 Å². The van der Waals surface area contributed by atoms with Gasteiger partial charge in [-0.15, -0.1) is 0 Å². The summed E-state index contributed by atoms with van der Waals surface area (Å²) in [5.41, 5.74) is 9.11. The summed E-state index contributed by atoms with van der Waals surface area (Å²) in [7, 11) is 0. The maximum atomic E-state index is 5.96. The van der Waals surface area contributed by atoms with Gasteiger partial charge in [0.1, 0.15) is 0 Å². The summed E-state index contributed by atoms with van der Waals surface area (Å²) < 4.78 is 0. The average molecular weight is 220 g/mol. The van der Waals surface area contributed by atoms with Crippen LogP contribution in [0.25, 0.3) is 0 Å². The van der Waals surface area contributed by atoms with Crippen molar-refractivity contribution in [2.75, 3.05) is 11.1 Å². The van der Waals surface area contributed by atoms with E-state index in [1.807, 2.05) is 12.1 Å². The van der Waals surface area contributed by atoms with Gasteiger partial charge in [-0.3, -0.25) is 0 Å². The molecule has 0 aliphatic rings. The Labute approximate surface area is 99.2 Å².